The molecule has 1 aliphatic carbocycles. The molecule has 0 bridgehead atoms. The number of ether oxygens (including phenoxy) is 1. The number of carbonyl (C=O) groups excluding carboxylic acids is 2. The van der Waals surface area contributed by atoms with E-state index in [-0.39, 0.29) is 23.9 Å². The number of rotatable bonds is 7. The van der Waals surface area contributed by atoms with Gasteiger partial charge in [0.05, 0.1) is 11.6 Å². The summed E-state index contributed by atoms with van der Waals surface area (Å²) in [5.74, 6) is -2.49. The molecular weight excluding hydrogens is 434 g/mol. The van der Waals surface area contributed by atoms with Crippen LogP contribution in [0.4, 0.5) is 10.5 Å². The zero-order valence-electron chi connectivity index (χ0n) is 18.8. The normalized spacial score (nSPS) is 13.8. The Balaban J connectivity index is 1.44. The highest BCUT2D eigenvalue weighted by Gasteiger charge is 2.29. The molecule has 4 rings (SSSR count). The van der Waals surface area contributed by atoms with Crippen LogP contribution in [-0.4, -0.2) is 40.7 Å². The summed E-state index contributed by atoms with van der Waals surface area (Å²) in [5, 5.41) is 14.3. The Bertz CT molecular complexity index is 1200. The molecular formula is C26H25N3O5. The summed E-state index contributed by atoms with van der Waals surface area (Å²) in [6, 6.07) is 18.6. The van der Waals surface area contributed by atoms with E-state index >= 15 is 0 Å². The van der Waals surface area contributed by atoms with Crippen LogP contribution < -0.4 is 10.6 Å². The maximum Gasteiger partial charge on any atom is 0.411 e. The van der Waals surface area contributed by atoms with Crippen molar-refractivity contribution in [2.45, 2.75) is 25.8 Å². The van der Waals surface area contributed by atoms with E-state index in [1.807, 2.05) is 36.4 Å². The molecule has 1 heterocycles. The summed E-state index contributed by atoms with van der Waals surface area (Å²) in [6.07, 6.45) is 0.708. The number of carboxylic acids is 1. The maximum atomic E-state index is 12.7. The van der Waals surface area contributed by atoms with Crippen LogP contribution in [-0.2, 0) is 9.53 Å². The molecule has 8 nitrogen and oxygen atoms in total. The SMILES string of the molecule is CC(NC(=O)c1ncccc1NC(=O)OCC1c2ccccc2-c2ccccc21)C(C)C(=O)O. The molecule has 34 heavy (non-hydrogen) atoms. The molecule has 1 aliphatic rings. The van der Waals surface area contributed by atoms with E-state index in [2.05, 4.69) is 27.8 Å². The van der Waals surface area contributed by atoms with E-state index in [4.69, 9.17) is 9.84 Å². The Kier molecular flexibility index (Phi) is 6.58. The molecule has 2 unspecified atom stereocenters. The fourth-order valence-corrected chi connectivity index (χ4v) is 4.05. The Hall–Kier alpha value is -4.20. The number of hydrogen-bond donors (Lipinski definition) is 3. The average molecular weight is 460 g/mol. The summed E-state index contributed by atoms with van der Waals surface area (Å²) in [6.45, 7) is 3.23. The molecule has 2 amide bonds. The molecule has 8 heteroatoms. The highest BCUT2D eigenvalue weighted by atomic mass is 16.5. The summed E-state index contributed by atoms with van der Waals surface area (Å²) in [5.41, 5.74) is 4.60. The van der Waals surface area contributed by atoms with Gasteiger partial charge in [0.2, 0.25) is 0 Å². The van der Waals surface area contributed by atoms with Gasteiger partial charge in [-0.15, -0.1) is 0 Å². The van der Waals surface area contributed by atoms with Crippen LogP contribution in [0.2, 0.25) is 0 Å². The van der Waals surface area contributed by atoms with Crippen LogP contribution in [0, 0.1) is 5.92 Å². The van der Waals surface area contributed by atoms with Crippen molar-refractivity contribution in [2.24, 2.45) is 5.92 Å². The first-order valence-electron chi connectivity index (χ1n) is 11.0. The lowest BCUT2D eigenvalue weighted by molar-refractivity contribution is -0.141. The Morgan fingerprint density at radius 2 is 1.59 bits per heavy atom. The lowest BCUT2D eigenvalue weighted by Crippen LogP contribution is -2.40. The molecule has 3 aromatic rings. The van der Waals surface area contributed by atoms with E-state index in [1.165, 1.54) is 19.2 Å². The molecule has 0 fully saturated rings. The zero-order chi connectivity index (χ0) is 24.2. The van der Waals surface area contributed by atoms with Crippen molar-refractivity contribution in [2.75, 3.05) is 11.9 Å². The van der Waals surface area contributed by atoms with Gasteiger partial charge in [-0.25, -0.2) is 9.78 Å². The van der Waals surface area contributed by atoms with Gasteiger partial charge in [-0.1, -0.05) is 48.5 Å². The van der Waals surface area contributed by atoms with Crippen molar-refractivity contribution in [1.82, 2.24) is 10.3 Å². The second kappa shape index (κ2) is 9.74. The molecule has 2 aromatic carbocycles. The number of nitrogens with zero attached hydrogens (tertiary/aromatic N) is 1. The van der Waals surface area contributed by atoms with Crippen LogP contribution in [0.1, 0.15) is 41.4 Å². The van der Waals surface area contributed by atoms with Gasteiger partial charge in [0.15, 0.2) is 5.69 Å². The number of nitrogens with one attached hydrogen (secondary N) is 2. The second-order valence-electron chi connectivity index (χ2n) is 8.24. The second-order valence-corrected chi connectivity index (χ2v) is 8.24. The minimum absolute atomic E-state index is 0.0274. The number of pyridine rings is 1. The number of carboxylic acid groups (broad SMARTS) is 1. The minimum Gasteiger partial charge on any atom is -0.481 e. The topological polar surface area (TPSA) is 118 Å². The van der Waals surface area contributed by atoms with Crippen LogP contribution in [0.15, 0.2) is 66.9 Å². The number of fused-ring (bicyclic) bond motifs is 3. The summed E-state index contributed by atoms with van der Waals surface area (Å²) < 4.78 is 5.54. The van der Waals surface area contributed by atoms with Gasteiger partial charge in [0.25, 0.3) is 5.91 Å². The van der Waals surface area contributed by atoms with Gasteiger partial charge in [-0.2, -0.15) is 0 Å². The van der Waals surface area contributed by atoms with Crippen LogP contribution in [0.5, 0.6) is 0 Å². The lowest BCUT2D eigenvalue weighted by Gasteiger charge is -2.18. The molecule has 0 spiro atoms. The smallest absolute Gasteiger partial charge is 0.411 e. The van der Waals surface area contributed by atoms with Crippen LogP contribution >= 0.6 is 0 Å². The van der Waals surface area contributed by atoms with Gasteiger partial charge in [0.1, 0.15) is 6.61 Å². The Morgan fingerprint density at radius 3 is 2.21 bits per heavy atom. The first-order valence-corrected chi connectivity index (χ1v) is 11.0. The highest BCUT2D eigenvalue weighted by Crippen LogP contribution is 2.44. The van der Waals surface area contributed by atoms with E-state index in [0.717, 1.165) is 22.3 Å². The van der Waals surface area contributed by atoms with Crippen molar-refractivity contribution in [3.8, 4) is 11.1 Å². The minimum atomic E-state index is -1.02. The molecule has 3 N–H and O–H groups in total. The van der Waals surface area contributed by atoms with E-state index in [1.54, 1.807) is 13.0 Å². The van der Waals surface area contributed by atoms with Crippen LogP contribution in [0.3, 0.4) is 0 Å². The summed E-state index contributed by atoms with van der Waals surface area (Å²) >= 11 is 0. The number of amides is 2. The average Bonchev–Trinajstić information content (AvgIpc) is 3.16. The van der Waals surface area contributed by atoms with Gasteiger partial charge in [-0.3, -0.25) is 14.9 Å². The first-order chi connectivity index (χ1) is 16.4. The molecule has 0 radical (unpaired) electrons. The number of aromatic nitrogens is 1. The monoisotopic (exact) mass is 459 g/mol. The molecule has 1 aromatic heterocycles. The number of hydrogen-bond acceptors (Lipinski definition) is 5. The van der Waals surface area contributed by atoms with Crippen molar-refractivity contribution in [3.63, 3.8) is 0 Å². The van der Waals surface area contributed by atoms with Crippen LogP contribution in [0.25, 0.3) is 11.1 Å². The molecule has 0 saturated carbocycles. The van der Waals surface area contributed by atoms with Crippen molar-refractivity contribution < 1.29 is 24.2 Å². The fourth-order valence-electron chi connectivity index (χ4n) is 4.05. The molecule has 0 aliphatic heterocycles. The maximum absolute atomic E-state index is 12.7. The fraction of sp³-hybridized carbons (Fsp3) is 0.231. The third-order valence-electron chi connectivity index (χ3n) is 6.10. The predicted octanol–water partition coefficient (Wildman–Crippen LogP) is 4.28. The zero-order valence-corrected chi connectivity index (χ0v) is 18.8. The third-order valence-corrected chi connectivity index (χ3v) is 6.10. The van der Waals surface area contributed by atoms with Crippen molar-refractivity contribution >= 4 is 23.7 Å². The number of benzene rings is 2. The van der Waals surface area contributed by atoms with E-state index < -0.39 is 29.9 Å². The third kappa shape index (κ3) is 4.61. The van der Waals surface area contributed by atoms with Gasteiger partial charge >= 0.3 is 12.1 Å². The summed E-state index contributed by atoms with van der Waals surface area (Å²) in [4.78, 5) is 40.5. The Morgan fingerprint density at radius 1 is 0.971 bits per heavy atom. The van der Waals surface area contributed by atoms with Crippen molar-refractivity contribution in [1.29, 1.82) is 0 Å². The summed E-state index contributed by atoms with van der Waals surface area (Å²) in [7, 11) is 0. The number of anilines is 1. The highest BCUT2D eigenvalue weighted by molar-refractivity contribution is 6.01. The lowest BCUT2D eigenvalue weighted by atomic mass is 9.98. The van der Waals surface area contributed by atoms with Gasteiger partial charge < -0.3 is 15.2 Å². The van der Waals surface area contributed by atoms with E-state index in [0.29, 0.717) is 0 Å². The number of carbonyl (C=O) groups is 3. The van der Waals surface area contributed by atoms with Gasteiger partial charge in [0, 0.05) is 18.2 Å². The number of aliphatic carboxylic acids is 1. The quantitative estimate of drug-likeness (QED) is 0.485. The standard InChI is InChI=1S/C26H25N3O5/c1-15(25(31)32)16(2)28-24(30)23-22(12-7-13-27-23)29-26(33)34-14-21-19-10-5-3-8-17(19)18-9-4-6-11-20(18)21/h3-13,15-16,21H,14H2,1-2H3,(H,28,30)(H,29,33)(H,31,32). The van der Waals surface area contributed by atoms with E-state index in [9.17, 15) is 14.4 Å². The van der Waals surface area contributed by atoms with Crippen molar-refractivity contribution in [3.05, 3.63) is 83.7 Å². The van der Waals surface area contributed by atoms with Gasteiger partial charge in [-0.05, 0) is 48.2 Å². The largest absolute Gasteiger partial charge is 0.481 e. The predicted molar refractivity (Wildman–Crippen MR) is 127 cm³/mol. The first kappa shape index (κ1) is 23.0. The molecule has 174 valence electrons. The Labute approximate surface area is 197 Å². The molecule has 2 atom stereocenters. The molecule has 0 saturated heterocycles.